The highest BCUT2D eigenvalue weighted by atomic mass is 16.5. The molecule has 1 aliphatic rings. The van der Waals surface area contributed by atoms with Gasteiger partial charge in [0.05, 0.1) is 14.2 Å². The number of rotatable bonds is 6. The molecular formula is C17H22N4O2. The Labute approximate surface area is 136 Å². The standard InChI is InChI=1S/C17H22N4O2/c1-22-15-6-4-3-5-13(15)10-21-8-7-14(11-21)20-16-9-17(23-2)19-12-18-16/h3-6,9,12,14H,7-8,10-11H2,1-2H3,(H,18,19,20). The summed E-state index contributed by atoms with van der Waals surface area (Å²) in [7, 11) is 3.33. The van der Waals surface area contributed by atoms with Crippen molar-refractivity contribution in [1.29, 1.82) is 0 Å². The van der Waals surface area contributed by atoms with Gasteiger partial charge in [-0.25, -0.2) is 9.97 Å². The van der Waals surface area contributed by atoms with Gasteiger partial charge >= 0.3 is 0 Å². The zero-order valence-corrected chi connectivity index (χ0v) is 13.5. The quantitative estimate of drug-likeness (QED) is 0.882. The third kappa shape index (κ3) is 3.90. The summed E-state index contributed by atoms with van der Waals surface area (Å²) in [5.74, 6) is 2.33. The van der Waals surface area contributed by atoms with Crippen molar-refractivity contribution in [1.82, 2.24) is 14.9 Å². The first-order chi connectivity index (χ1) is 11.3. The van der Waals surface area contributed by atoms with Crippen LogP contribution in [0.5, 0.6) is 11.6 Å². The zero-order valence-electron chi connectivity index (χ0n) is 13.5. The third-order valence-electron chi connectivity index (χ3n) is 4.06. The summed E-state index contributed by atoms with van der Waals surface area (Å²) >= 11 is 0. The number of anilines is 1. The molecule has 1 N–H and O–H groups in total. The van der Waals surface area contributed by atoms with E-state index in [2.05, 4.69) is 32.3 Å². The lowest BCUT2D eigenvalue weighted by Gasteiger charge is -2.18. The Morgan fingerprint density at radius 1 is 1.22 bits per heavy atom. The number of nitrogens with zero attached hydrogens (tertiary/aromatic N) is 3. The second-order valence-electron chi connectivity index (χ2n) is 5.62. The van der Waals surface area contributed by atoms with Crippen LogP contribution in [0.2, 0.25) is 0 Å². The van der Waals surface area contributed by atoms with Crippen LogP contribution in [0.4, 0.5) is 5.82 Å². The second kappa shape index (κ2) is 7.28. The van der Waals surface area contributed by atoms with Crippen LogP contribution in [0.15, 0.2) is 36.7 Å². The number of para-hydroxylation sites is 1. The van der Waals surface area contributed by atoms with Gasteiger partial charge in [0.2, 0.25) is 5.88 Å². The number of methoxy groups -OCH3 is 2. The van der Waals surface area contributed by atoms with Crippen LogP contribution in [0.25, 0.3) is 0 Å². The molecule has 0 aliphatic carbocycles. The lowest BCUT2D eigenvalue weighted by atomic mass is 10.2. The van der Waals surface area contributed by atoms with E-state index in [4.69, 9.17) is 9.47 Å². The van der Waals surface area contributed by atoms with Gasteiger partial charge in [-0.15, -0.1) is 0 Å². The number of nitrogens with one attached hydrogen (secondary N) is 1. The molecule has 1 fully saturated rings. The summed E-state index contributed by atoms with van der Waals surface area (Å²) in [6, 6.07) is 10.4. The minimum Gasteiger partial charge on any atom is -0.496 e. The fourth-order valence-corrected chi connectivity index (χ4v) is 2.91. The maximum atomic E-state index is 5.43. The number of ether oxygens (including phenoxy) is 2. The molecule has 23 heavy (non-hydrogen) atoms. The minimum atomic E-state index is 0.379. The Morgan fingerprint density at radius 2 is 2.09 bits per heavy atom. The summed E-state index contributed by atoms with van der Waals surface area (Å²) in [4.78, 5) is 10.7. The molecular weight excluding hydrogens is 292 g/mol. The summed E-state index contributed by atoms with van der Waals surface area (Å²) in [5.41, 5.74) is 1.22. The van der Waals surface area contributed by atoms with Crippen molar-refractivity contribution in [3.63, 3.8) is 0 Å². The SMILES string of the molecule is COc1cc(NC2CCN(Cc3ccccc3OC)C2)ncn1. The van der Waals surface area contributed by atoms with Gasteiger partial charge in [0.1, 0.15) is 17.9 Å². The normalized spacial score (nSPS) is 17.9. The van der Waals surface area contributed by atoms with Crippen molar-refractivity contribution in [2.75, 3.05) is 32.6 Å². The lowest BCUT2D eigenvalue weighted by Crippen LogP contribution is -2.26. The Balaban J connectivity index is 1.58. The van der Waals surface area contributed by atoms with Gasteiger partial charge in [-0.3, -0.25) is 4.90 Å². The maximum absolute atomic E-state index is 5.43. The van der Waals surface area contributed by atoms with Crippen molar-refractivity contribution in [3.8, 4) is 11.6 Å². The lowest BCUT2D eigenvalue weighted by molar-refractivity contribution is 0.318. The first-order valence-electron chi connectivity index (χ1n) is 7.75. The van der Waals surface area contributed by atoms with E-state index in [1.807, 2.05) is 18.2 Å². The topological polar surface area (TPSA) is 59.5 Å². The molecule has 1 aliphatic heterocycles. The van der Waals surface area contributed by atoms with Crippen molar-refractivity contribution in [3.05, 3.63) is 42.2 Å². The van der Waals surface area contributed by atoms with Gasteiger partial charge in [0, 0.05) is 37.3 Å². The van der Waals surface area contributed by atoms with Crippen LogP contribution in [-0.2, 0) is 6.54 Å². The van der Waals surface area contributed by atoms with Crippen molar-refractivity contribution in [2.45, 2.75) is 19.0 Å². The summed E-state index contributed by atoms with van der Waals surface area (Å²) in [6.07, 6.45) is 2.60. The number of aromatic nitrogens is 2. The first-order valence-corrected chi connectivity index (χ1v) is 7.75. The fraction of sp³-hybridized carbons (Fsp3) is 0.412. The van der Waals surface area contributed by atoms with Crippen LogP contribution in [0.1, 0.15) is 12.0 Å². The molecule has 122 valence electrons. The van der Waals surface area contributed by atoms with Gasteiger partial charge in [-0.1, -0.05) is 18.2 Å². The van der Waals surface area contributed by atoms with Gasteiger partial charge in [-0.05, 0) is 12.5 Å². The van der Waals surface area contributed by atoms with Crippen LogP contribution in [0, 0.1) is 0 Å². The molecule has 3 rings (SSSR count). The van der Waals surface area contributed by atoms with E-state index < -0.39 is 0 Å². The molecule has 0 spiro atoms. The molecule has 6 nitrogen and oxygen atoms in total. The summed E-state index contributed by atoms with van der Waals surface area (Å²) in [5, 5.41) is 3.46. The van der Waals surface area contributed by atoms with Gasteiger partial charge in [-0.2, -0.15) is 0 Å². The number of benzene rings is 1. The average molecular weight is 314 g/mol. The molecule has 0 bridgehead atoms. The third-order valence-corrected chi connectivity index (χ3v) is 4.06. The largest absolute Gasteiger partial charge is 0.496 e. The van der Waals surface area contributed by atoms with E-state index >= 15 is 0 Å². The number of hydrogen-bond acceptors (Lipinski definition) is 6. The van der Waals surface area contributed by atoms with Crippen molar-refractivity contribution >= 4 is 5.82 Å². The molecule has 6 heteroatoms. The Bertz CT molecular complexity index is 650. The first kappa shape index (κ1) is 15.6. The van der Waals surface area contributed by atoms with Gasteiger partial charge < -0.3 is 14.8 Å². The number of hydrogen-bond donors (Lipinski definition) is 1. The van der Waals surface area contributed by atoms with Crippen LogP contribution < -0.4 is 14.8 Å². The molecule has 1 aromatic carbocycles. The molecule has 0 radical (unpaired) electrons. The second-order valence-corrected chi connectivity index (χ2v) is 5.62. The molecule has 1 unspecified atom stereocenters. The molecule has 2 aromatic rings. The predicted molar refractivity (Wildman–Crippen MR) is 88.9 cm³/mol. The predicted octanol–water partition coefficient (Wildman–Crippen LogP) is 2.18. The molecule has 0 saturated carbocycles. The monoisotopic (exact) mass is 314 g/mol. The average Bonchev–Trinajstić information content (AvgIpc) is 3.02. The molecule has 0 amide bonds. The Kier molecular flexibility index (Phi) is 4.92. The molecule has 1 atom stereocenters. The Morgan fingerprint density at radius 3 is 2.91 bits per heavy atom. The molecule has 1 aromatic heterocycles. The van der Waals surface area contributed by atoms with Crippen LogP contribution in [-0.4, -0.2) is 48.2 Å². The maximum Gasteiger partial charge on any atom is 0.218 e. The van der Waals surface area contributed by atoms with Crippen LogP contribution >= 0.6 is 0 Å². The van der Waals surface area contributed by atoms with Crippen molar-refractivity contribution < 1.29 is 9.47 Å². The highest BCUT2D eigenvalue weighted by Crippen LogP contribution is 2.23. The van der Waals surface area contributed by atoms with E-state index in [9.17, 15) is 0 Å². The summed E-state index contributed by atoms with van der Waals surface area (Å²) < 4.78 is 10.6. The summed E-state index contributed by atoms with van der Waals surface area (Å²) in [6.45, 7) is 2.93. The highest BCUT2D eigenvalue weighted by molar-refractivity contribution is 5.38. The highest BCUT2D eigenvalue weighted by Gasteiger charge is 2.23. The minimum absolute atomic E-state index is 0.379. The van der Waals surface area contributed by atoms with E-state index in [-0.39, 0.29) is 0 Å². The smallest absolute Gasteiger partial charge is 0.218 e. The number of likely N-dealkylation sites (tertiary alicyclic amines) is 1. The van der Waals surface area contributed by atoms with E-state index in [1.165, 1.54) is 11.9 Å². The fourth-order valence-electron chi connectivity index (χ4n) is 2.91. The Hall–Kier alpha value is -2.34. The molecule has 1 saturated heterocycles. The zero-order chi connectivity index (χ0) is 16.1. The van der Waals surface area contributed by atoms with E-state index in [0.29, 0.717) is 11.9 Å². The van der Waals surface area contributed by atoms with Crippen molar-refractivity contribution in [2.24, 2.45) is 0 Å². The van der Waals surface area contributed by atoms with Crippen LogP contribution in [0.3, 0.4) is 0 Å². The molecule has 2 heterocycles. The van der Waals surface area contributed by atoms with E-state index in [0.717, 1.165) is 37.6 Å². The van der Waals surface area contributed by atoms with E-state index in [1.54, 1.807) is 14.2 Å². The van der Waals surface area contributed by atoms with Gasteiger partial charge in [0.15, 0.2) is 0 Å². The van der Waals surface area contributed by atoms with Gasteiger partial charge in [0.25, 0.3) is 0 Å².